The first-order valence-electron chi connectivity index (χ1n) is 6.99. The van der Waals surface area contributed by atoms with E-state index in [9.17, 15) is 9.59 Å². The lowest BCUT2D eigenvalue weighted by Crippen LogP contribution is -2.38. The molecule has 5 nitrogen and oxygen atoms in total. The number of halogens is 1. The summed E-state index contributed by atoms with van der Waals surface area (Å²) < 4.78 is 0. The van der Waals surface area contributed by atoms with Gasteiger partial charge in [0.05, 0.1) is 0 Å². The third-order valence-corrected chi connectivity index (χ3v) is 3.95. The van der Waals surface area contributed by atoms with Crippen molar-refractivity contribution in [1.29, 1.82) is 0 Å². The summed E-state index contributed by atoms with van der Waals surface area (Å²) in [7, 11) is 0. The first-order chi connectivity index (χ1) is 11.5. The van der Waals surface area contributed by atoms with Gasteiger partial charge in [0.1, 0.15) is 11.4 Å². The molecular formula is C17H12ClN3O2S. The highest BCUT2D eigenvalue weighted by molar-refractivity contribution is 7.80. The molecule has 0 atom stereocenters. The van der Waals surface area contributed by atoms with E-state index >= 15 is 0 Å². The predicted molar refractivity (Wildman–Crippen MR) is 97.1 cm³/mol. The lowest BCUT2D eigenvalue weighted by molar-refractivity contribution is 0.0970. The lowest BCUT2D eigenvalue weighted by atomic mass is 9.90. The van der Waals surface area contributed by atoms with Gasteiger partial charge in [0.15, 0.2) is 5.11 Å². The second-order valence-electron chi connectivity index (χ2n) is 5.08. The standard InChI is InChI=1S/C17H12ClN3O2S/c18-9-5-7-10(8-6-9)20-17(24)21-14-13(19)15(22)11-3-1-2-4-12(11)16(14)23/h1-8H,19H2,(H2,20,21,24). The number of carbonyl (C=O) groups excluding carboxylic acids is 2. The molecule has 0 saturated heterocycles. The van der Waals surface area contributed by atoms with Crippen LogP contribution in [0.5, 0.6) is 0 Å². The molecule has 0 aromatic heterocycles. The van der Waals surface area contributed by atoms with Crippen LogP contribution in [0.25, 0.3) is 0 Å². The first-order valence-corrected chi connectivity index (χ1v) is 7.77. The molecule has 0 heterocycles. The summed E-state index contributed by atoms with van der Waals surface area (Å²) in [5.41, 5.74) is 6.93. The second kappa shape index (κ2) is 6.43. The Balaban J connectivity index is 1.83. The number of nitrogens with two attached hydrogens (primary N) is 1. The van der Waals surface area contributed by atoms with E-state index in [1.807, 2.05) is 0 Å². The summed E-state index contributed by atoms with van der Waals surface area (Å²) in [6, 6.07) is 13.4. The fraction of sp³-hybridized carbons (Fsp3) is 0. The molecule has 0 radical (unpaired) electrons. The van der Waals surface area contributed by atoms with E-state index in [1.165, 1.54) is 0 Å². The Hall–Kier alpha value is -2.70. The Morgan fingerprint density at radius 2 is 1.50 bits per heavy atom. The molecule has 2 aromatic carbocycles. The molecule has 1 aliphatic rings. The minimum Gasteiger partial charge on any atom is -0.394 e. The number of allylic oxidation sites excluding steroid dienone is 2. The SMILES string of the molecule is NC1=C(NC(=S)Nc2ccc(Cl)cc2)C(=O)c2ccccc2C1=O. The van der Waals surface area contributed by atoms with Crippen LogP contribution >= 0.6 is 23.8 Å². The van der Waals surface area contributed by atoms with Crippen molar-refractivity contribution in [2.45, 2.75) is 0 Å². The van der Waals surface area contributed by atoms with Crippen LogP contribution in [0.2, 0.25) is 5.02 Å². The number of nitrogens with one attached hydrogen (secondary N) is 2. The maximum absolute atomic E-state index is 12.5. The van der Waals surface area contributed by atoms with E-state index in [-0.39, 0.29) is 22.3 Å². The third-order valence-electron chi connectivity index (χ3n) is 3.50. The fourth-order valence-corrected chi connectivity index (χ4v) is 2.67. The number of hydrogen-bond acceptors (Lipinski definition) is 4. The van der Waals surface area contributed by atoms with Gasteiger partial charge in [-0.3, -0.25) is 9.59 Å². The Labute approximate surface area is 148 Å². The van der Waals surface area contributed by atoms with E-state index in [0.717, 1.165) is 0 Å². The number of hydrogen-bond donors (Lipinski definition) is 3. The molecule has 0 unspecified atom stereocenters. The molecule has 24 heavy (non-hydrogen) atoms. The van der Waals surface area contributed by atoms with Gasteiger partial charge in [-0.2, -0.15) is 0 Å². The third kappa shape index (κ3) is 3.02. The maximum atomic E-state index is 12.5. The van der Waals surface area contributed by atoms with Crippen LogP contribution in [0.1, 0.15) is 20.7 Å². The fourth-order valence-electron chi connectivity index (χ4n) is 2.33. The topological polar surface area (TPSA) is 84.2 Å². The zero-order valence-corrected chi connectivity index (χ0v) is 13.9. The summed E-state index contributed by atoms with van der Waals surface area (Å²) in [5, 5.41) is 6.37. The van der Waals surface area contributed by atoms with Crippen molar-refractivity contribution < 1.29 is 9.59 Å². The molecule has 2 aromatic rings. The molecular weight excluding hydrogens is 346 g/mol. The van der Waals surface area contributed by atoms with Gasteiger partial charge in [-0.25, -0.2) is 0 Å². The average molecular weight is 358 g/mol. The molecule has 0 bridgehead atoms. The summed E-state index contributed by atoms with van der Waals surface area (Å²) in [5.74, 6) is -0.773. The molecule has 3 rings (SSSR count). The van der Waals surface area contributed by atoms with Crippen LogP contribution in [0.3, 0.4) is 0 Å². The molecule has 0 fully saturated rings. The van der Waals surface area contributed by atoms with Crippen LogP contribution in [-0.2, 0) is 0 Å². The van der Waals surface area contributed by atoms with Crippen molar-refractivity contribution in [2.75, 3.05) is 5.32 Å². The van der Waals surface area contributed by atoms with Gasteiger partial charge < -0.3 is 16.4 Å². The Morgan fingerprint density at radius 1 is 0.917 bits per heavy atom. The zero-order chi connectivity index (χ0) is 17.3. The molecule has 7 heteroatoms. The first kappa shape index (κ1) is 16.2. The van der Waals surface area contributed by atoms with E-state index in [0.29, 0.717) is 21.8 Å². The highest BCUT2D eigenvalue weighted by Crippen LogP contribution is 2.22. The number of carbonyl (C=O) groups is 2. The van der Waals surface area contributed by atoms with Crippen LogP contribution in [0.15, 0.2) is 59.9 Å². The Morgan fingerprint density at radius 3 is 2.12 bits per heavy atom. The Kier molecular flexibility index (Phi) is 4.33. The lowest BCUT2D eigenvalue weighted by Gasteiger charge is -2.20. The molecule has 0 aliphatic heterocycles. The van der Waals surface area contributed by atoms with Gasteiger partial charge in [-0.1, -0.05) is 35.9 Å². The minimum atomic E-state index is -0.401. The van der Waals surface area contributed by atoms with Crippen molar-refractivity contribution >= 4 is 46.2 Å². The van der Waals surface area contributed by atoms with E-state index in [1.54, 1.807) is 48.5 Å². The summed E-state index contributed by atoms with van der Waals surface area (Å²) >= 11 is 11.0. The van der Waals surface area contributed by atoms with Gasteiger partial charge >= 0.3 is 0 Å². The van der Waals surface area contributed by atoms with E-state index < -0.39 is 5.78 Å². The number of Topliss-reactive ketones (excluding diaryl/α,β-unsaturated/α-hetero) is 2. The zero-order valence-electron chi connectivity index (χ0n) is 12.3. The van der Waals surface area contributed by atoms with Crippen molar-refractivity contribution in [2.24, 2.45) is 5.73 Å². The van der Waals surface area contributed by atoms with Crippen molar-refractivity contribution in [1.82, 2.24) is 5.32 Å². The molecule has 0 spiro atoms. The van der Waals surface area contributed by atoms with Crippen molar-refractivity contribution in [3.8, 4) is 0 Å². The van der Waals surface area contributed by atoms with Crippen LogP contribution < -0.4 is 16.4 Å². The van der Waals surface area contributed by atoms with Gasteiger partial charge in [0, 0.05) is 21.8 Å². The monoisotopic (exact) mass is 357 g/mol. The van der Waals surface area contributed by atoms with Crippen LogP contribution in [0.4, 0.5) is 5.69 Å². The summed E-state index contributed by atoms with van der Waals surface area (Å²) in [6.07, 6.45) is 0. The molecule has 0 amide bonds. The normalized spacial score (nSPS) is 13.5. The van der Waals surface area contributed by atoms with Gasteiger partial charge in [-0.05, 0) is 36.5 Å². The molecule has 1 aliphatic carbocycles. The van der Waals surface area contributed by atoms with Gasteiger partial charge in [0.2, 0.25) is 11.6 Å². The van der Waals surface area contributed by atoms with Crippen molar-refractivity contribution in [3.05, 3.63) is 76.1 Å². The summed E-state index contributed by atoms with van der Waals surface area (Å²) in [4.78, 5) is 24.8. The van der Waals surface area contributed by atoms with Crippen LogP contribution in [0, 0.1) is 0 Å². The Bertz CT molecular complexity index is 891. The molecule has 0 saturated carbocycles. The minimum absolute atomic E-state index is 0.0230. The number of anilines is 1. The second-order valence-corrected chi connectivity index (χ2v) is 5.92. The maximum Gasteiger partial charge on any atom is 0.212 e. The van der Waals surface area contributed by atoms with Gasteiger partial charge in [-0.15, -0.1) is 0 Å². The number of ketones is 2. The largest absolute Gasteiger partial charge is 0.394 e. The quantitative estimate of drug-likeness (QED) is 0.717. The smallest absolute Gasteiger partial charge is 0.212 e. The number of fused-ring (bicyclic) bond motifs is 1. The highest BCUT2D eigenvalue weighted by atomic mass is 35.5. The number of thiocarbonyl (C=S) groups is 1. The van der Waals surface area contributed by atoms with E-state index in [4.69, 9.17) is 29.6 Å². The van der Waals surface area contributed by atoms with Crippen LogP contribution in [-0.4, -0.2) is 16.7 Å². The highest BCUT2D eigenvalue weighted by Gasteiger charge is 2.30. The predicted octanol–water partition coefficient (Wildman–Crippen LogP) is 2.88. The molecule has 4 N–H and O–H groups in total. The number of rotatable bonds is 2. The molecule has 120 valence electrons. The van der Waals surface area contributed by atoms with Crippen molar-refractivity contribution in [3.63, 3.8) is 0 Å². The van der Waals surface area contributed by atoms with E-state index in [2.05, 4.69) is 10.6 Å². The summed E-state index contributed by atoms with van der Waals surface area (Å²) in [6.45, 7) is 0. The number of benzene rings is 2. The average Bonchev–Trinajstić information content (AvgIpc) is 2.59. The van der Waals surface area contributed by atoms with Gasteiger partial charge in [0.25, 0.3) is 0 Å².